The van der Waals surface area contributed by atoms with E-state index in [1.54, 1.807) is 14.0 Å². The lowest BCUT2D eigenvalue weighted by atomic mass is 9.86. The molecule has 2 aliphatic heterocycles. The van der Waals surface area contributed by atoms with Crippen molar-refractivity contribution in [1.29, 1.82) is 0 Å². The summed E-state index contributed by atoms with van der Waals surface area (Å²) < 4.78 is 22.4. The summed E-state index contributed by atoms with van der Waals surface area (Å²) in [5, 5.41) is 9.94. The molecule has 0 spiro atoms. The Hall–Kier alpha value is -1.47. The molecule has 0 unspecified atom stereocenters. The zero-order chi connectivity index (χ0) is 24.1. The molecule has 0 aliphatic carbocycles. The molecule has 9 atom stereocenters. The second-order valence-corrected chi connectivity index (χ2v) is 9.75. The van der Waals surface area contributed by atoms with Crippen LogP contribution in [0, 0.1) is 17.8 Å². The molecule has 0 bridgehead atoms. The average molecular weight is 451 g/mol. The van der Waals surface area contributed by atoms with Gasteiger partial charge in [0, 0.05) is 18.9 Å². The first-order valence-corrected chi connectivity index (χ1v) is 11.7. The highest BCUT2D eigenvalue weighted by Gasteiger charge is 2.56. The molecule has 0 aromatic heterocycles. The molecule has 6 nitrogen and oxygen atoms in total. The number of hydrogen-bond acceptors (Lipinski definition) is 6. The smallest absolute Gasteiger partial charge is 0.308 e. The van der Waals surface area contributed by atoms with Crippen molar-refractivity contribution >= 4 is 5.97 Å². The Morgan fingerprint density at radius 1 is 1.25 bits per heavy atom. The summed E-state index contributed by atoms with van der Waals surface area (Å²) >= 11 is 0. The molecule has 1 fully saturated rings. The van der Waals surface area contributed by atoms with Crippen LogP contribution in [-0.4, -0.2) is 61.4 Å². The van der Waals surface area contributed by atoms with Gasteiger partial charge in [0.25, 0.3) is 0 Å². The Morgan fingerprint density at radius 2 is 1.94 bits per heavy atom. The fourth-order valence-electron chi connectivity index (χ4n) is 4.80. The quantitative estimate of drug-likeness (QED) is 0.220. The van der Waals surface area contributed by atoms with Crippen molar-refractivity contribution in [1.82, 2.24) is 0 Å². The van der Waals surface area contributed by atoms with Crippen LogP contribution in [0.1, 0.15) is 54.4 Å². The Kier molecular flexibility index (Phi) is 9.70. The topological polar surface area (TPSA) is 77.5 Å². The number of aliphatic hydroxyl groups excluding tert-OH is 1. The minimum atomic E-state index is -0.528. The number of hydrogen-bond donors (Lipinski definition) is 1. The van der Waals surface area contributed by atoms with Crippen molar-refractivity contribution in [3.63, 3.8) is 0 Å². The predicted octanol–water partition coefficient (Wildman–Crippen LogP) is 4.23. The molecule has 6 heteroatoms. The molecular weight excluding hydrogens is 408 g/mol. The minimum absolute atomic E-state index is 0.0877. The number of methoxy groups -OCH3 is 2. The van der Waals surface area contributed by atoms with Gasteiger partial charge in [-0.05, 0) is 38.7 Å². The highest BCUT2D eigenvalue weighted by atomic mass is 16.6. The van der Waals surface area contributed by atoms with Crippen LogP contribution in [0.4, 0.5) is 0 Å². The molecule has 32 heavy (non-hydrogen) atoms. The molecule has 0 saturated carbocycles. The summed E-state index contributed by atoms with van der Waals surface area (Å²) in [7, 11) is 3.04. The van der Waals surface area contributed by atoms with E-state index in [9.17, 15) is 9.90 Å². The summed E-state index contributed by atoms with van der Waals surface area (Å²) in [6.45, 7) is 12.2. The van der Waals surface area contributed by atoms with Gasteiger partial charge >= 0.3 is 5.97 Å². The first kappa shape index (κ1) is 26.8. The van der Waals surface area contributed by atoms with Crippen LogP contribution in [0.2, 0.25) is 0 Å². The molecular formula is C26H42O6. The number of carbonyl (C=O) groups excluding carboxylic acids is 1. The van der Waals surface area contributed by atoms with E-state index in [4.69, 9.17) is 18.9 Å². The summed E-state index contributed by atoms with van der Waals surface area (Å²) in [5.41, 5.74) is 0.895. The highest BCUT2D eigenvalue weighted by Crippen LogP contribution is 2.47. The van der Waals surface area contributed by atoms with E-state index in [0.717, 1.165) is 12.0 Å². The SMILES string of the molecule is COC(=O)C[C@@H]1O[C@H](/C(C)=C/C=C/[C@@H](C)C[C@@]2(C)O[C@@H]2[C@H](C)[C@@H](OC)[C@@H](C)O)C=C[C@H]1C. The molecule has 182 valence electrons. The average Bonchev–Trinajstić information content (AvgIpc) is 3.39. The Labute approximate surface area is 193 Å². The van der Waals surface area contributed by atoms with Gasteiger partial charge in [-0.15, -0.1) is 0 Å². The third-order valence-corrected chi connectivity index (χ3v) is 6.75. The van der Waals surface area contributed by atoms with Gasteiger partial charge in [-0.1, -0.05) is 51.2 Å². The summed E-state index contributed by atoms with van der Waals surface area (Å²) in [6, 6.07) is 0. The van der Waals surface area contributed by atoms with Crippen molar-refractivity contribution in [2.24, 2.45) is 17.8 Å². The lowest BCUT2D eigenvalue weighted by molar-refractivity contribution is -0.145. The lowest BCUT2D eigenvalue weighted by Gasteiger charge is -2.30. The fourth-order valence-corrected chi connectivity index (χ4v) is 4.80. The Balaban J connectivity index is 1.89. The highest BCUT2D eigenvalue weighted by molar-refractivity contribution is 5.69. The molecule has 0 radical (unpaired) electrons. The van der Waals surface area contributed by atoms with E-state index < -0.39 is 6.10 Å². The second-order valence-electron chi connectivity index (χ2n) is 9.75. The van der Waals surface area contributed by atoms with Crippen LogP contribution < -0.4 is 0 Å². The normalized spacial score (nSPS) is 34.2. The van der Waals surface area contributed by atoms with Crippen LogP contribution in [0.5, 0.6) is 0 Å². The van der Waals surface area contributed by atoms with Gasteiger partial charge in [-0.25, -0.2) is 0 Å². The first-order valence-electron chi connectivity index (χ1n) is 11.7. The molecule has 1 saturated heterocycles. The lowest BCUT2D eigenvalue weighted by Crippen LogP contribution is -2.36. The summed E-state index contributed by atoms with van der Waals surface area (Å²) in [6.07, 6.45) is 10.7. The third-order valence-electron chi connectivity index (χ3n) is 6.75. The number of esters is 1. The van der Waals surface area contributed by atoms with Gasteiger partial charge in [0.2, 0.25) is 0 Å². The van der Waals surface area contributed by atoms with Gasteiger partial charge in [0.05, 0.1) is 49.7 Å². The first-order chi connectivity index (χ1) is 15.0. The van der Waals surface area contributed by atoms with Crippen molar-refractivity contribution in [3.05, 3.63) is 36.0 Å². The molecule has 2 rings (SSSR count). The number of aliphatic hydroxyl groups is 1. The van der Waals surface area contributed by atoms with Crippen molar-refractivity contribution in [2.45, 2.75) is 90.5 Å². The molecule has 0 aromatic rings. The van der Waals surface area contributed by atoms with E-state index in [1.807, 2.05) is 13.8 Å². The number of carbonyl (C=O) groups is 1. The van der Waals surface area contributed by atoms with Crippen molar-refractivity contribution in [2.75, 3.05) is 14.2 Å². The number of allylic oxidation sites excluding steroid dienone is 3. The Bertz CT molecular complexity index is 711. The van der Waals surface area contributed by atoms with E-state index >= 15 is 0 Å². The van der Waals surface area contributed by atoms with Gasteiger partial charge in [-0.3, -0.25) is 4.79 Å². The van der Waals surface area contributed by atoms with E-state index in [2.05, 4.69) is 51.2 Å². The fraction of sp³-hybridized carbons (Fsp3) is 0.731. The van der Waals surface area contributed by atoms with Gasteiger partial charge in [0.1, 0.15) is 0 Å². The molecule has 2 heterocycles. The molecule has 1 N–H and O–H groups in total. The van der Waals surface area contributed by atoms with E-state index in [0.29, 0.717) is 5.92 Å². The molecule has 0 aromatic carbocycles. The molecule has 2 aliphatic rings. The predicted molar refractivity (Wildman–Crippen MR) is 125 cm³/mol. The van der Waals surface area contributed by atoms with Crippen molar-refractivity contribution in [3.8, 4) is 0 Å². The summed E-state index contributed by atoms with van der Waals surface area (Å²) in [5.74, 6) is 0.386. The largest absolute Gasteiger partial charge is 0.469 e. The minimum Gasteiger partial charge on any atom is -0.469 e. The number of rotatable bonds is 11. The van der Waals surface area contributed by atoms with Crippen LogP contribution in [0.15, 0.2) is 36.0 Å². The maximum atomic E-state index is 11.6. The number of ether oxygens (including phenoxy) is 4. The van der Waals surface area contributed by atoms with Crippen LogP contribution >= 0.6 is 0 Å². The zero-order valence-corrected chi connectivity index (χ0v) is 20.9. The summed E-state index contributed by atoms with van der Waals surface area (Å²) in [4.78, 5) is 11.6. The number of epoxide rings is 1. The standard InChI is InChI=1S/C26H42O6/c1-16(15-26(6)25(32-26)19(4)24(30-8)20(5)27)10-9-11-17(2)21-13-12-18(3)22(31-21)14-23(28)29-7/h9-13,16,18-22,24-25,27H,14-15H2,1-8H3/b10-9+,17-11+/t16-,18-,19-,20-,21+,22+,24-,25-,26-/m1/s1. The van der Waals surface area contributed by atoms with E-state index in [1.165, 1.54) is 7.11 Å². The Morgan fingerprint density at radius 3 is 2.53 bits per heavy atom. The monoisotopic (exact) mass is 450 g/mol. The van der Waals surface area contributed by atoms with E-state index in [-0.39, 0.29) is 54.2 Å². The maximum absolute atomic E-state index is 11.6. The molecule has 0 amide bonds. The van der Waals surface area contributed by atoms with Crippen LogP contribution in [0.25, 0.3) is 0 Å². The third kappa shape index (κ3) is 7.01. The van der Waals surface area contributed by atoms with Crippen molar-refractivity contribution < 1.29 is 28.8 Å². The van der Waals surface area contributed by atoms with Gasteiger partial charge in [0.15, 0.2) is 0 Å². The maximum Gasteiger partial charge on any atom is 0.308 e. The van der Waals surface area contributed by atoms with Gasteiger partial charge < -0.3 is 24.1 Å². The van der Waals surface area contributed by atoms with Crippen LogP contribution in [-0.2, 0) is 23.7 Å². The zero-order valence-electron chi connectivity index (χ0n) is 20.9. The van der Waals surface area contributed by atoms with Crippen LogP contribution in [0.3, 0.4) is 0 Å². The van der Waals surface area contributed by atoms with Gasteiger partial charge in [-0.2, -0.15) is 0 Å². The second kappa shape index (κ2) is 11.6.